The molecule has 0 saturated heterocycles. The number of methoxy groups -OCH3 is 1. The van der Waals surface area contributed by atoms with Crippen molar-refractivity contribution >= 4 is 22.4 Å². The van der Waals surface area contributed by atoms with Crippen molar-refractivity contribution in [3.8, 4) is 16.8 Å². The van der Waals surface area contributed by atoms with Crippen LogP contribution in [0.3, 0.4) is 0 Å². The highest BCUT2D eigenvalue weighted by molar-refractivity contribution is 7.13. The largest absolute Gasteiger partial charge is 0.378 e. The van der Waals surface area contributed by atoms with Crippen molar-refractivity contribution in [3.63, 3.8) is 0 Å². The maximum absolute atomic E-state index is 8.94. The average Bonchev–Trinajstić information content (AvgIpc) is 3.00. The number of benzene rings is 1. The van der Waals surface area contributed by atoms with Crippen LogP contribution in [0.2, 0.25) is 0 Å². The summed E-state index contributed by atoms with van der Waals surface area (Å²) < 4.78 is 5.18. The van der Waals surface area contributed by atoms with Crippen molar-refractivity contribution in [2.45, 2.75) is 6.61 Å². The summed E-state index contributed by atoms with van der Waals surface area (Å²) in [5.74, 6) is 0. The molecule has 2 aromatic heterocycles. The summed E-state index contributed by atoms with van der Waals surface area (Å²) in [6, 6.07) is 7.37. The molecule has 0 aliphatic rings. The first-order valence-electron chi connectivity index (χ1n) is 5.91. The fourth-order valence-corrected chi connectivity index (χ4v) is 2.56. The van der Waals surface area contributed by atoms with Crippen molar-refractivity contribution in [1.82, 2.24) is 15.0 Å². The Kier molecular flexibility index (Phi) is 3.37. The molecular weight excluding hydrogens is 272 g/mol. The van der Waals surface area contributed by atoms with Crippen LogP contribution in [0.1, 0.15) is 11.3 Å². The van der Waals surface area contributed by atoms with E-state index in [0.717, 1.165) is 21.9 Å². The summed E-state index contributed by atoms with van der Waals surface area (Å²) in [5, 5.41) is 11.7. The van der Waals surface area contributed by atoms with E-state index in [4.69, 9.17) is 10.00 Å². The maximum Gasteiger partial charge on any atom is 0.143 e. The topological polar surface area (TPSA) is 71.7 Å². The molecule has 0 unspecified atom stereocenters. The van der Waals surface area contributed by atoms with Gasteiger partial charge in [0.2, 0.25) is 0 Å². The molecule has 0 saturated carbocycles. The normalized spacial score (nSPS) is 10.6. The molecular formula is C14H10N4OS. The Bertz CT molecular complexity index is 793. The van der Waals surface area contributed by atoms with E-state index in [1.165, 1.54) is 11.3 Å². The number of fused-ring (bicyclic) bond motifs is 1. The van der Waals surface area contributed by atoms with Crippen LogP contribution >= 0.6 is 11.3 Å². The lowest BCUT2D eigenvalue weighted by Gasteiger charge is -2.07. The van der Waals surface area contributed by atoms with Crippen LogP contribution in [-0.2, 0) is 11.3 Å². The van der Waals surface area contributed by atoms with E-state index in [2.05, 4.69) is 21.0 Å². The van der Waals surface area contributed by atoms with E-state index < -0.39 is 0 Å². The first-order chi connectivity index (χ1) is 9.81. The van der Waals surface area contributed by atoms with Crippen LogP contribution in [0.4, 0.5) is 0 Å². The standard InChI is InChI=1S/C14H10N4OS/c1-19-8-12-13(14-16-4-5-20-14)18-10-3-2-9(7-15)6-11(10)17-12/h2-6H,8H2,1H3. The fourth-order valence-electron chi connectivity index (χ4n) is 1.91. The zero-order valence-electron chi connectivity index (χ0n) is 10.7. The second kappa shape index (κ2) is 5.33. The molecule has 0 fully saturated rings. The Morgan fingerprint density at radius 2 is 2.20 bits per heavy atom. The minimum absolute atomic E-state index is 0.356. The van der Waals surface area contributed by atoms with Gasteiger partial charge in [-0.2, -0.15) is 5.26 Å². The smallest absolute Gasteiger partial charge is 0.143 e. The van der Waals surface area contributed by atoms with Gasteiger partial charge in [-0.05, 0) is 18.2 Å². The van der Waals surface area contributed by atoms with Crippen LogP contribution in [0, 0.1) is 11.3 Å². The first kappa shape index (κ1) is 12.7. The second-order valence-corrected chi connectivity index (χ2v) is 5.00. The van der Waals surface area contributed by atoms with Gasteiger partial charge >= 0.3 is 0 Å². The number of aromatic nitrogens is 3. The number of ether oxygens (including phenoxy) is 1. The molecule has 0 radical (unpaired) electrons. The molecule has 0 bridgehead atoms. The molecule has 3 rings (SSSR count). The van der Waals surface area contributed by atoms with Crippen molar-refractivity contribution < 1.29 is 4.74 Å². The molecule has 1 aromatic carbocycles. The van der Waals surface area contributed by atoms with Crippen molar-refractivity contribution in [2.24, 2.45) is 0 Å². The number of thiazole rings is 1. The summed E-state index contributed by atoms with van der Waals surface area (Å²) in [5.41, 5.74) is 3.46. The van der Waals surface area contributed by atoms with Crippen molar-refractivity contribution in [1.29, 1.82) is 5.26 Å². The van der Waals surface area contributed by atoms with Gasteiger partial charge in [0.1, 0.15) is 10.7 Å². The highest BCUT2D eigenvalue weighted by atomic mass is 32.1. The number of rotatable bonds is 3. The Morgan fingerprint density at radius 3 is 2.90 bits per heavy atom. The SMILES string of the molecule is COCc1nc2cc(C#N)ccc2nc1-c1nccs1. The van der Waals surface area contributed by atoms with E-state index in [1.807, 2.05) is 5.38 Å². The Morgan fingerprint density at radius 1 is 1.30 bits per heavy atom. The third kappa shape index (κ3) is 2.25. The summed E-state index contributed by atoms with van der Waals surface area (Å²) in [4.78, 5) is 13.4. The minimum atomic E-state index is 0.356. The van der Waals surface area contributed by atoms with Gasteiger partial charge in [-0.15, -0.1) is 11.3 Å². The highest BCUT2D eigenvalue weighted by Gasteiger charge is 2.13. The number of hydrogen-bond acceptors (Lipinski definition) is 6. The third-order valence-corrected chi connectivity index (χ3v) is 3.56. The number of hydrogen-bond donors (Lipinski definition) is 0. The molecule has 20 heavy (non-hydrogen) atoms. The summed E-state index contributed by atoms with van der Waals surface area (Å²) in [6.45, 7) is 0.356. The third-order valence-electron chi connectivity index (χ3n) is 2.78. The molecule has 0 aliphatic heterocycles. The Labute approximate surface area is 119 Å². The maximum atomic E-state index is 8.94. The summed E-state index contributed by atoms with van der Waals surface area (Å²) in [7, 11) is 1.61. The van der Waals surface area contributed by atoms with Gasteiger partial charge in [0.05, 0.1) is 35.0 Å². The van der Waals surface area contributed by atoms with E-state index in [-0.39, 0.29) is 0 Å². The Hall–Kier alpha value is -2.36. The summed E-state index contributed by atoms with van der Waals surface area (Å²) in [6.07, 6.45) is 1.74. The van der Waals surface area contributed by atoms with Crippen molar-refractivity contribution in [3.05, 3.63) is 41.0 Å². The van der Waals surface area contributed by atoms with Crippen LogP contribution < -0.4 is 0 Å². The predicted molar refractivity (Wildman–Crippen MR) is 76.1 cm³/mol. The number of nitrogens with zero attached hydrogens (tertiary/aromatic N) is 4. The lowest BCUT2D eigenvalue weighted by atomic mass is 10.2. The zero-order chi connectivity index (χ0) is 13.9. The molecule has 0 spiro atoms. The average molecular weight is 282 g/mol. The van der Waals surface area contributed by atoms with Crippen LogP contribution in [-0.4, -0.2) is 22.1 Å². The monoisotopic (exact) mass is 282 g/mol. The van der Waals surface area contributed by atoms with Gasteiger partial charge in [-0.1, -0.05) is 0 Å². The molecule has 3 aromatic rings. The van der Waals surface area contributed by atoms with Gasteiger partial charge in [0, 0.05) is 18.7 Å². The summed E-state index contributed by atoms with van der Waals surface area (Å²) >= 11 is 1.51. The van der Waals surface area contributed by atoms with E-state index in [9.17, 15) is 0 Å². The van der Waals surface area contributed by atoms with Crippen LogP contribution in [0.15, 0.2) is 29.8 Å². The lowest BCUT2D eigenvalue weighted by molar-refractivity contribution is 0.182. The van der Waals surface area contributed by atoms with Gasteiger partial charge < -0.3 is 4.74 Å². The Balaban J connectivity index is 2.24. The molecule has 0 N–H and O–H groups in total. The van der Waals surface area contributed by atoms with Crippen LogP contribution in [0.5, 0.6) is 0 Å². The van der Waals surface area contributed by atoms with Gasteiger partial charge in [-0.3, -0.25) is 0 Å². The minimum Gasteiger partial charge on any atom is -0.378 e. The molecule has 98 valence electrons. The van der Waals surface area contributed by atoms with Crippen LogP contribution in [0.25, 0.3) is 21.7 Å². The first-order valence-corrected chi connectivity index (χ1v) is 6.79. The fraction of sp³-hybridized carbons (Fsp3) is 0.143. The van der Waals surface area contributed by atoms with Gasteiger partial charge in [-0.25, -0.2) is 15.0 Å². The lowest BCUT2D eigenvalue weighted by Crippen LogP contribution is -2.00. The van der Waals surface area contributed by atoms with Gasteiger partial charge in [0.25, 0.3) is 0 Å². The van der Waals surface area contributed by atoms with Gasteiger partial charge in [0.15, 0.2) is 0 Å². The van der Waals surface area contributed by atoms with Crippen molar-refractivity contribution in [2.75, 3.05) is 7.11 Å². The number of nitriles is 1. The molecule has 2 heterocycles. The molecule has 0 aliphatic carbocycles. The molecule has 6 heteroatoms. The quantitative estimate of drug-likeness (QED) is 0.738. The zero-order valence-corrected chi connectivity index (χ0v) is 11.5. The predicted octanol–water partition coefficient (Wildman–Crippen LogP) is 2.77. The molecule has 0 amide bonds. The molecule has 5 nitrogen and oxygen atoms in total. The highest BCUT2D eigenvalue weighted by Crippen LogP contribution is 2.25. The second-order valence-electron chi connectivity index (χ2n) is 4.10. The van der Waals surface area contributed by atoms with E-state index in [1.54, 1.807) is 31.5 Å². The van der Waals surface area contributed by atoms with E-state index >= 15 is 0 Å². The van der Waals surface area contributed by atoms with E-state index in [0.29, 0.717) is 17.7 Å². The molecule has 0 atom stereocenters.